The lowest BCUT2D eigenvalue weighted by molar-refractivity contribution is 0.0982. The average molecular weight is 473 g/mol. The number of carbonyl (C=O) groups excluding carboxylic acids is 2. The van der Waals surface area contributed by atoms with Crippen LogP contribution in [0.3, 0.4) is 0 Å². The molecule has 7 nitrogen and oxygen atoms in total. The van der Waals surface area contributed by atoms with Crippen molar-refractivity contribution in [3.63, 3.8) is 0 Å². The first-order valence-electron chi connectivity index (χ1n) is 11.0. The molecule has 0 saturated heterocycles. The Balaban J connectivity index is 1.43. The number of nitrogens with zero attached hydrogens (tertiary/aromatic N) is 2. The van der Waals surface area contributed by atoms with Crippen molar-refractivity contribution in [3.8, 4) is 5.75 Å². The van der Waals surface area contributed by atoms with Gasteiger partial charge in [0.25, 0.3) is 11.8 Å². The molecule has 2 heterocycles. The van der Waals surface area contributed by atoms with Gasteiger partial charge in [-0.15, -0.1) is 11.8 Å². The molecule has 0 saturated carbocycles. The van der Waals surface area contributed by atoms with Crippen molar-refractivity contribution in [2.45, 2.75) is 18.2 Å². The highest BCUT2D eigenvalue weighted by molar-refractivity contribution is 7.99. The van der Waals surface area contributed by atoms with E-state index in [9.17, 15) is 9.59 Å². The molecule has 5 rings (SSSR count). The lowest BCUT2D eigenvalue weighted by Gasteiger charge is -2.23. The van der Waals surface area contributed by atoms with Gasteiger partial charge in [0, 0.05) is 17.0 Å². The van der Waals surface area contributed by atoms with Gasteiger partial charge in [0.1, 0.15) is 17.1 Å². The van der Waals surface area contributed by atoms with E-state index in [-0.39, 0.29) is 11.8 Å². The highest BCUT2D eigenvalue weighted by Crippen LogP contribution is 2.35. The van der Waals surface area contributed by atoms with Crippen molar-refractivity contribution in [1.82, 2.24) is 9.97 Å². The van der Waals surface area contributed by atoms with Crippen molar-refractivity contribution in [2.75, 3.05) is 29.6 Å². The molecule has 2 N–H and O–H groups in total. The Hall–Kier alpha value is -3.78. The fourth-order valence-electron chi connectivity index (χ4n) is 4.15. The summed E-state index contributed by atoms with van der Waals surface area (Å²) in [6, 6.07) is 18.5. The number of benzene rings is 3. The lowest BCUT2D eigenvalue weighted by atomic mass is 10.1. The average Bonchev–Trinajstić information content (AvgIpc) is 3.11. The van der Waals surface area contributed by atoms with Gasteiger partial charge in [0.05, 0.1) is 29.6 Å². The second kappa shape index (κ2) is 9.23. The van der Waals surface area contributed by atoms with Gasteiger partial charge >= 0.3 is 0 Å². The Morgan fingerprint density at radius 1 is 1.12 bits per heavy atom. The SMILES string of the molecule is COc1cc(C(=O)N2CCCSc3ccccc32)ccc1C(=O)Nc1cccc2[nH]c(C)nc12. The highest BCUT2D eigenvalue weighted by atomic mass is 32.2. The van der Waals surface area contributed by atoms with Gasteiger partial charge in [-0.1, -0.05) is 18.2 Å². The highest BCUT2D eigenvalue weighted by Gasteiger charge is 2.24. The number of nitrogens with one attached hydrogen (secondary N) is 2. The van der Waals surface area contributed by atoms with Crippen LogP contribution in [-0.2, 0) is 0 Å². The molecule has 0 spiro atoms. The molecule has 2 amide bonds. The molecule has 4 aromatic rings. The summed E-state index contributed by atoms with van der Waals surface area (Å²) >= 11 is 1.76. The second-order valence-electron chi connectivity index (χ2n) is 8.02. The van der Waals surface area contributed by atoms with Crippen molar-refractivity contribution < 1.29 is 14.3 Å². The smallest absolute Gasteiger partial charge is 0.259 e. The van der Waals surface area contributed by atoms with Crippen molar-refractivity contribution in [1.29, 1.82) is 0 Å². The minimum Gasteiger partial charge on any atom is -0.496 e. The van der Waals surface area contributed by atoms with Gasteiger partial charge in [-0.3, -0.25) is 9.59 Å². The Bertz CT molecular complexity index is 1400. The molecule has 0 radical (unpaired) electrons. The van der Waals surface area contributed by atoms with Crippen LogP contribution in [0.4, 0.5) is 11.4 Å². The predicted molar refractivity (Wildman–Crippen MR) is 135 cm³/mol. The van der Waals surface area contributed by atoms with Crippen LogP contribution in [0, 0.1) is 6.92 Å². The summed E-state index contributed by atoms with van der Waals surface area (Å²) in [5.74, 6) is 1.63. The van der Waals surface area contributed by atoms with E-state index < -0.39 is 0 Å². The maximum atomic E-state index is 13.5. The first kappa shape index (κ1) is 22.0. The molecular weight excluding hydrogens is 448 g/mol. The molecular formula is C26H24N4O3S. The third-order valence-corrected chi connectivity index (χ3v) is 6.91. The lowest BCUT2D eigenvalue weighted by Crippen LogP contribution is -2.32. The van der Waals surface area contributed by atoms with Crippen molar-refractivity contribution in [2.24, 2.45) is 0 Å². The number of rotatable bonds is 4. The van der Waals surface area contributed by atoms with Crippen molar-refractivity contribution in [3.05, 3.63) is 77.6 Å². The van der Waals surface area contributed by atoms with E-state index in [2.05, 4.69) is 15.3 Å². The number of para-hydroxylation sites is 2. The molecule has 1 aliphatic heterocycles. The number of carbonyl (C=O) groups is 2. The number of aryl methyl sites for hydroxylation is 1. The number of imidazole rings is 1. The van der Waals surface area contributed by atoms with E-state index >= 15 is 0 Å². The summed E-state index contributed by atoms with van der Waals surface area (Å²) in [4.78, 5) is 37.1. The topological polar surface area (TPSA) is 87.3 Å². The van der Waals surface area contributed by atoms with Gasteiger partial charge in [-0.2, -0.15) is 0 Å². The van der Waals surface area contributed by atoms with Gasteiger partial charge in [0.15, 0.2) is 0 Å². The van der Waals surface area contributed by atoms with Crippen LogP contribution >= 0.6 is 11.8 Å². The zero-order chi connectivity index (χ0) is 23.7. The van der Waals surface area contributed by atoms with Gasteiger partial charge in [0.2, 0.25) is 0 Å². The number of amides is 2. The third kappa shape index (κ3) is 4.12. The summed E-state index contributed by atoms with van der Waals surface area (Å²) in [6.07, 6.45) is 0.904. The van der Waals surface area contributed by atoms with Crippen LogP contribution in [0.1, 0.15) is 33.0 Å². The van der Waals surface area contributed by atoms with Crippen LogP contribution in [0.5, 0.6) is 5.75 Å². The molecule has 0 unspecified atom stereocenters. The number of fused-ring (bicyclic) bond motifs is 2. The Morgan fingerprint density at radius 3 is 2.82 bits per heavy atom. The number of aromatic nitrogens is 2. The van der Waals surface area contributed by atoms with Gasteiger partial charge in [-0.25, -0.2) is 4.98 Å². The monoisotopic (exact) mass is 472 g/mol. The molecule has 0 aliphatic carbocycles. The second-order valence-corrected chi connectivity index (χ2v) is 9.16. The number of thioether (sulfide) groups is 1. The number of methoxy groups -OCH3 is 1. The molecule has 1 aliphatic rings. The van der Waals surface area contributed by atoms with Crippen LogP contribution in [-0.4, -0.2) is 41.2 Å². The van der Waals surface area contributed by atoms with E-state index in [1.54, 1.807) is 36.0 Å². The normalized spacial score (nSPS) is 13.3. The molecule has 1 aromatic heterocycles. The predicted octanol–water partition coefficient (Wildman–Crippen LogP) is 5.27. The fourth-order valence-corrected chi connectivity index (χ4v) is 5.15. The van der Waals surface area contributed by atoms with Crippen LogP contribution < -0.4 is 15.0 Å². The Kier molecular flexibility index (Phi) is 5.98. The molecule has 0 atom stereocenters. The molecule has 8 heteroatoms. The van der Waals surface area contributed by atoms with E-state index in [1.807, 2.05) is 48.2 Å². The summed E-state index contributed by atoms with van der Waals surface area (Å²) < 4.78 is 5.51. The molecule has 0 bridgehead atoms. The zero-order valence-corrected chi connectivity index (χ0v) is 19.7. The largest absolute Gasteiger partial charge is 0.496 e. The standard InChI is InChI=1S/C26H24N4O3S/c1-16-27-19-7-5-8-20(24(19)28-16)29-25(31)18-12-11-17(15-22(18)33-2)26(32)30-13-6-14-34-23-10-4-3-9-21(23)30/h3-5,7-12,15H,6,13-14H2,1-2H3,(H,27,28)(H,29,31). The maximum Gasteiger partial charge on any atom is 0.259 e. The number of ether oxygens (including phenoxy) is 1. The van der Waals surface area contributed by atoms with Crippen LogP contribution in [0.2, 0.25) is 0 Å². The number of anilines is 2. The Morgan fingerprint density at radius 2 is 1.97 bits per heavy atom. The van der Waals surface area contributed by atoms with E-state index in [1.165, 1.54) is 7.11 Å². The molecule has 34 heavy (non-hydrogen) atoms. The van der Waals surface area contributed by atoms with Crippen molar-refractivity contribution >= 4 is 46.0 Å². The quantitative estimate of drug-likeness (QED) is 0.422. The first-order chi connectivity index (χ1) is 16.5. The van der Waals surface area contributed by atoms with Crippen LogP contribution in [0.15, 0.2) is 65.6 Å². The van der Waals surface area contributed by atoms with Gasteiger partial charge in [-0.05, 0) is 61.6 Å². The Labute approximate surface area is 201 Å². The van der Waals surface area contributed by atoms with E-state index in [0.29, 0.717) is 34.6 Å². The summed E-state index contributed by atoms with van der Waals surface area (Å²) in [7, 11) is 1.50. The summed E-state index contributed by atoms with van der Waals surface area (Å²) in [5, 5.41) is 2.92. The van der Waals surface area contributed by atoms with E-state index in [0.717, 1.165) is 34.1 Å². The zero-order valence-electron chi connectivity index (χ0n) is 18.9. The molecule has 172 valence electrons. The minimum absolute atomic E-state index is 0.114. The summed E-state index contributed by atoms with van der Waals surface area (Å²) in [6.45, 7) is 2.51. The van der Waals surface area contributed by atoms with Gasteiger partial charge < -0.3 is 19.9 Å². The minimum atomic E-state index is -0.333. The molecule has 3 aromatic carbocycles. The number of H-pyrrole nitrogens is 1. The van der Waals surface area contributed by atoms with E-state index in [4.69, 9.17) is 4.74 Å². The summed E-state index contributed by atoms with van der Waals surface area (Å²) in [5.41, 5.74) is 3.87. The molecule has 0 fully saturated rings. The first-order valence-corrected chi connectivity index (χ1v) is 12.0. The number of hydrogen-bond acceptors (Lipinski definition) is 5. The third-order valence-electron chi connectivity index (χ3n) is 5.76. The maximum absolute atomic E-state index is 13.5. The number of hydrogen-bond donors (Lipinski definition) is 2. The van der Waals surface area contributed by atoms with Crippen LogP contribution in [0.25, 0.3) is 11.0 Å². The fraction of sp³-hybridized carbons (Fsp3) is 0.192. The number of aromatic amines is 1.